The molecule has 1 saturated carbocycles. The second kappa shape index (κ2) is 7.21. The molecule has 2 rings (SSSR count). The first kappa shape index (κ1) is 16.9. The zero-order valence-corrected chi connectivity index (χ0v) is 12.8. The summed E-state index contributed by atoms with van der Waals surface area (Å²) in [7, 11) is 1.09. The Balaban J connectivity index is 2.36. The van der Waals surface area contributed by atoms with Crippen molar-refractivity contribution < 1.29 is 27.8 Å². The second-order valence-electron chi connectivity index (χ2n) is 4.99. The van der Waals surface area contributed by atoms with Gasteiger partial charge in [-0.2, -0.15) is 0 Å². The molecular formula is C16H17F2NO4. The maximum atomic E-state index is 14.2. The van der Waals surface area contributed by atoms with Crippen LogP contribution in [0.3, 0.4) is 0 Å². The van der Waals surface area contributed by atoms with Crippen LogP contribution in [0.5, 0.6) is 5.75 Å². The average molecular weight is 325 g/mol. The zero-order valence-electron chi connectivity index (χ0n) is 12.8. The lowest BCUT2D eigenvalue weighted by atomic mass is 10.0. The van der Waals surface area contributed by atoms with Crippen molar-refractivity contribution in [2.24, 2.45) is 0 Å². The number of esters is 1. The lowest BCUT2D eigenvalue weighted by Crippen LogP contribution is -2.21. The molecule has 0 saturated heterocycles. The largest absolute Gasteiger partial charge is 0.491 e. The average Bonchev–Trinajstić information content (AvgIpc) is 3.32. The van der Waals surface area contributed by atoms with E-state index in [1.807, 2.05) is 0 Å². The highest BCUT2D eigenvalue weighted by Crippen LogP contribution is 2.26. The fourth-order valence-corrected chi connectivity index (χ4v) is 1.92. The molecule has 23 heavy (non-hydrogen) atoms. The highest BCUT2D eigenvalue weighted by molar-refractivity contribution is 6.24. The van der Waals surface area contributed by atoms with E-state index in [-0.39, 0.29) is 18.2 Å². The second-order valence-corrected chi connectivity index (χ2v) is 4.99. The lowest BCUT2D eigenvalue weighted by Gasteiger charge is -2.10. The maximum Gasteiger partial charge on any atom is 0.343 e. The Labute approximate surface area is 132 Å². The SMILES string of the molecule is CCOC(=O)/C(=C\NC1CC1)C(=O)c1ccc(F)c(OC)c1F. The summed E-state index contributed by atoms with van der Waals surface area (Å²) in [6, 6.07) is 2.08. The number of hydrogen-bond acceptors (Lipinski definition) is 5. The van der Waals surface area contributed by atoms with Crippen molar-refractivity contribution in [1.29, 1.82) is 0 Å². The van der Waals surface area contributed by atoms with Crippen LogP contribution in [0.15, 0.2) is 23.9 Å². The molecule has 0 bridgehead atoms. The van der Waals surface area contributed by atoms with Crippen LogP contribution >= 0.6 is 0 Å². The maximum absolute atomic E-state index is 14.2. The number of methoxy groups -OCH3 is 1. The molecule has 124 valence electrons. The van der Waals surface area contributed by atoms with Crippen molar-refractivity contribution in [2.75, 3.05) is 13.7 Å². The van der Waals surface area contributed by atoms with Crippen molar-refractivity contribution in [3.63, 3.8) is 0 Å². The van der Waals surface area contributed by atoms with E-state index in [1.54, 1.807) is 6.92 Å². The monoisotopic (exact) mass is 325 g/mol. The van der Waals surface area contributed by atoms with E-state index in [4.69, 9.17) is 4.74 Å². The molecule has 1 aromatic carbocycles. The summed E-state index contributed by atoms with van der Waals surface area (Å²) in [5.74, 6) is -4.52. The number of carbonyl (C=O) groups is 2. The van der Waals surface area contributed by atoms with E-state index in [2.05, 4.69) is 10.1 Å². The first-order chi connectivity index (χ1) is 11.0. The molecule has 1 aromatic rings. The molecule has 1 fully saturated rings. The van der Waals surface area contributed by atoms with E-state index in [9.17, 15) is 18.4 Å². The fourth-order valence-electron chi connectivity index (χ4n) is 1.92. The predicted octanol–water partition coefficient (Wildman–Crippen LogP) is 2.36. The minimum Gasteiger partial charge on any atom is -0.491 e. The summed E-state index contributed by atoms with van der Waals surface area (Å²) in [4.78, 5) is 24.4. The van der Waals surface area contributed by atoms with Gasteiger partial charge in [-0.25, -0.2) is 13.6 Å². The number of ether oxygens (including phenoxy) is 2. The summed E-state index contributed by atoms with van der Waals surface area (Å²) in [6.07, 6.45) is 3.09. The highest BCUT2D eigenvalue weighted by atomic mass is 19.1. The smallest absolute Gasteiger partial charge is 0.343 e. The van der Waals surface area contributed by atoms with Gasteiger partial charge in [0.1, 0.15) is 5.57 Å². The molecular weight excluding hydrogens is 308 g/mol. The summed E-state index contributed by atoms with van der Waals surface area (Å²) in [5.41, 5.74) is -0.800. The third kappa shape index (κ3) is 3.85. The van der Waals surface area contributed by atoms with Crippen molar-refractivity contribution >= 4 is 11.8 Å². The molecule has 0 amide bonds. The topological polar surface area (TPSA) is 64.6 Å². The molecule has 1 aliphatic carbocycles. The van der Waals surface area contributed by atoms with Crippen molar-refractivity contribution in [1.82, 2.24) is 5.32 Å². The molecule has 0 atom stereocenters. The first-order valence-electron chi connectivity index (χ1n) is 7.19. The molecule has 0 radical (unpaired) electrons. The van der Waals surface area contributed by atoms with Gasteiger partial charge in [0.15, 0.2) is 17.4 Å². The summed E-state index contributed by atoms with van der Waals surface area (Å²) in [5, 5.41) is 2.89. The number of hydrogen-bond donors (Lipinski definition) is 1. The third-order valence-electron chi connectivity index (χ3n) is 3.28. The number of ketones is 1. The van der Waals surface area contributed by atoms with Gasteiger partial charge in [-0.1, -0.05) is 0 Å². The van der Waals surface area contributed by atoms with Gasteiger partial charge in [0.05, 0.1) is 19.3 Å². The van der Waals surface area contributed by atoms with Crippen LogP contribution in [0.2, 0.25) is 0 Å². The van der Waals surface area contributed by atoms with Gasteiger partial charge in [-0.15, -0.1) is 0 Å². The van der Waals surface area contributed by atoms with E-state index < -0.39 is 34.7 Å². The Bertz CT molecular complexity index is 654. The number of rotatable bonds is 7. The Morgan fingerprint density at radius 2 is 2.04 bits per heavy atom. The van der Waals surface area contributed by atoms with Gasteiger partial charge in [0.2, 0.25) is 5.78 Å². The van der Waals surface area contributed by atoms with Crippen LogP contribution in [-0.2, 0) is 9.53 Å². The number of Topliss-reactive ketones (excluding diaryl/α,β-unsaturated/α-hetero) is 1. The van der Waals surface area contributed by atoms with E-state index >= 15 is 0 Å². The summed E-state index contributed by atoms with van der Waals surface area (Å²) < 4.78 is 37.1. The van der Waals surface area contributed by atoms with Crippen LogP contribution in [0.25, 0.3) is 0 Å². The number of halogens is 2. The summed E-state index contributed by atoms with van der Waals surface area (Å²) >= 11 is 0. The van der Waals surface area contributed by atoms with Gasteiger partial charge in [-0.3, -0.25) is 4.79 Å². The Morgan fingerprint density at radius 3 is 2.61 bits per heavy atom. The minimum absolute atomic E-state index is 0.0715. The van der Waals surface area contributed by atoms with Crippen molar-refractivity contribution in [3.05, 3.63) is 41.1 Å². The lowest BCUT2D eigenvalue weighted by molar-refractivity contribution is -0.138. The van der Waals surface area contributed by atoms with E-state index in [0.29, 0.717) is 0 Å². The molecule has 5 nitrogen and oxygen atoms in total. The highest BCUT2D eigenvalue weighted by Gasteiger charge is 2.28. The molecule has 0 unspecified atom stereocenters. The third-order valence-corrected chi connectivity index (χ3v) is 3.28. The molecule has 0 spiro atoms. The standard InChI is InChI=1S/C16H17F2NO4/c1-3-23-16(21)11(8-19-9-4-5-9)14(20)10-6-7-12(17)15(22-2)13(10)18/h6-9,19H,3-5H2,1-2H3/b11-8-. The molecule has 7 heteroatoms. The van der Waals surface area contributed by atoms with Gasteiger partial charge in [-0.05, 0) is 31.9 Å². The Hall–Kier alpha value is -2.44. The van der Waals surface area contributed by atoms with Crippen LogP contribution in [0.4, 0.5) is 8.78 Å². The van der Waals surface area contributed by atoms with Crippen LogP contribution in [0.1, 0.15) is 30.1 Å². The molecule has 0 heterocycles. The van der Waals surface area contributed by atoms with E-state index in [1.165, 1.54) is 6.20 Å². The normalized spacial score (nSPS) is 14.3. The number of benzene rings is 1. The number of carbonyl (C=O) groups excluding carboxylic acids is 2. The quantitative estimate of drug-likeness (QED) is 0.274. The van der Waals surface area contributed by atoms with Crippen LogP contribution < -0.4 is 10.1 Å². The Kier molecular flexibility index (Phi) is 5.31. The zero-order chi connectivity index (χ0) is 17.0. The van der Waals surface area contributed by atoms with E-state index in [0.717, 1.165) is 32.1 Å². The molecule has 1 N–H and O–H groups in total. The first-order valence-corrected chi connectivity index (χ1v) is 7.19. The predicted molar refractivity (Wildman–Crippen MR) is 78.1 cm³/mol. The molecule has 1 aliphatic rings. The van der Waals surface area contributed by atoms with Gasteiger partial charge >= 0.3 is 5.97 Å². The van der Waals surface area contributed by atoms with Crippen LogP contribution in [-0.4, -0.2) is 31.5 Å². The fraction of sp³-hybridized carbons (Fsp3) is 0.375. The van der Waals surface area contributed by atoms with Crippen molar-refractivity contribution in [2.45, 2.75) is 25.8 Å². The van der Waals surface area contributed by atoms with Crippen LogP contribution in [0, 0.1) is 11.6 Å². The Morgan fingerprint density at radius 1 is 1.35 bits per heavy atom. The number of nitrogens with one attached hydrogen (secondary N) is 1. The van der Waals surface area contributed by atoms with Gasteiger partial charge in [0.25, 0.3) is 0 Å². The van der Waals surface area contributed by atoms with Crippen molar-refractivity contribution in [3.8, 4) is 5.75 Å². The van der Waals surface area contributed by atoms with Gasteiger partial charge in [0, 0.05) is 12.2 Å². The molecule has 0 aromatic heterocycles. The van der Waals surface area contributed by atoms with Gasteiger partial charge < -0.3 is 14.8 Å². The summed E-state index contributed by atoms with van der Waals surface area (Å²) in [6.45, 7) is 1.66. The molecule has 0 aliphatic heterocycles. The minimum atomic E-state index is -1.15.